The highest BCUT2D eigenvalue weighted by Crippen LogP contribution is 2.42. The van der Waals surface area contributed by atoms with Crippen LogP contribution in [-0.2, 0) is 52.8 Å². The Morgan fingerprint density at radius 1 is 1.06 bits per heavy atom. The van der Waals surface area contributed by atoms with Crippen LogP contribution in [0.3, 0.4) is 0 Å². The molecular formula is C54H70N8O8. The molecule has 2 aromatic heterocycles. The zero-order chi connectivity index (χ0) is 50.7. The van der Waals surface area contributed by atoms with Crippen molar-refractivity contribution in [2.24, 2.45) is 11.3 Å². The summed E-state index contributed by atoms with van der Waals surface area (Å²) in [5.74, 6) is 2.21. The molecule has 6 bridgehead atoms. The van der Waals surface area contributed by atoms with E-state index in [1.54, 1.807) is 27.2 Å². The van der Waals surface area contributed by atoms with Crippen molar-refractivity contribution in [3.63, 3.8) is 0 Å². The third kappa shape index (κ3) is 11.1. The van der Waals surface area contributed by atoms with Crippen LogP contribution in [-0.4, -0.2) is 149 Å². The summed E-state index contributed by atoms with van der Waals surface area (Å²) >= 11 is 0. The second kappa shape index (κ2) is 21.5. The van der Waals surface area contributed by atoms with Crippen molar-refractivity contribution in [3.05, 3.63) is 77.6 Å². The van der Waals surface area contributed by atoms with E-state index in [-0.39, 0.29) is 45.2 Å². The van der Waals surface area contributed by atoms with Crippen LogP contribution in [0.15, 0.2) is 60.9 Å². The third-order valence-electron chi connectivity index (χ3n) is 13.9. The predicted octanol–water partition coefficient (Wildman–Crippen LogP) is 4.76. The first kappa shape index (κ1) is 51.7. The normalized spacial score (nSPS) is 21.4. The number of rotatable bonds is 10. The minimum atomic E-state index is -1.94. The molecule has 374 valence electrons. The van der Waals surface area contributed by atoms with Crippen LogP contribution in [0.4, 0.5) is 0 Å². The fourth-order valence-corrected chi connectivity index (χ4v) is 10.1. The van der Waals surface area contributed by atoms with Crippen molar-refractivity contribution in [3.8, 4) is 34.2 Å². The number of hydrazine groups is 1. The average Bonchev–Trinajstić information content (AvgIpc) is 3.89. The summed E-state index contributed by atoms with van der Waals surface area (Å²) in [5, 5.41) is 17.1. The Balaban J connectivity index is 1.25. The van der Waals surface area contributed by atoms with Crippen molar-refractivity contribution in [2.45, 2.75) is 110 Å². The molecule has 4 amide bonds. The first-order valence-electron chi connectivity index (χ1n) is 24.4. The Morgan fingerprint density at radius 3 is 2.53 bits per heavy atom. The number of esters is 1. The Kier molecular flexibility index (Phi) is 15.9. The number of β-amino-alcohol motifs (C(OH)–C–C–N with tert-alkyl or cyclic N) is 1. The lowest BCUT2D eigenvalue weighted by Crippen LogP contribution is -2.63. The van der Waals surface area contributed by atoms with Crippen molar-refractivity contribution in [2.75, 3.05) is 61.0 Å². The molecule has 0 saturated carbocycles. The third-order valence-corrected chi connectivity index (χ3v) is 13.9. The number of aromatic nitrogens is 2. The summed E-state index contributed by atoms with van der Waals surface area (Å²) < 4.78 is 14.3. The average molecular weight is 959 g/mol. The van der Waals surface area contributed by atoms with Gasteiger partial charge in [0.1, 0.15) is 18.1 Å². The van der Waals surface area contributed by atoms with Gasteiger partial charge < -0.3 is 34.3 Å². The lowest BCUT2D eigenvalue weighted by Gasteiger charge is -2.37. The van der Waals surface area contributed by atoms with Crippen LogP contribution in [0.25, 0.3) is 33.3 Å². The number of pyridine rings is 1. The van der Waals surface area contributed by atoms with E-state index in [4.69, 9.17) is 9.47 Å². The number of hydrogen-bond donors (Lipinski definition) is 3. The molecule has 0 radical (unpaired) electrons. The van der Waals surface area contributed by atoms with E-state index in [2.05, 4.69) is 71.1 Å². The molecule has 7 rings (SSSR count). The largest absolute Gasteiger partial charge is 0.464 e. The Morgan fingerprint density at radius 2 is 1.81 bits per heavy atom. The van der Waals surface area contributed by atoms with Crippen LogP contribution >= 0.6 is 0 Å². The molecule has 1 unspecified atom stereocenters. The highest BCUT2D eigenvalue weighted by molar-refractivity contribution is 5.98. The molecule has 3 N–H and O–H groups in total. The van der Waals surface area contributed by atoms with Gasteiger partial charge in [0.25, 0.3) is 17.7 Å². The smallest absolute Gasteiger partial charge is 0.324 e. The van der Waals surface area contributed by atoms with Gasteiger partial charge in [-0.1, -0.05) is 63.9 Å². The van der Waals surface area contributed by atoms with Gasteiger partial charge in [-0.3, -0.25) is 38.9 Å². The maximum Gasteiger partial charge on any atom is 0.324 e. The molecule has 3 aliphatic rings. The number of methoxy groups -OCH3 is 1. The van der Waals surface area contributed by atoms with Gasteiger partial charge in [-0.2, -0.15) is 0 Å². The molecule has 16 nitrogen and oxygen atoms in total. The lowest BCUT2D eigenvalue weighted by molar-refractivity contribution is -0.156. The van der Waals surface area contributed by atoms with Gasteiger partial charge in [0.2, 0.25) is 5.91 Å². The highest BCUT2D eigenvalue weighted by Gasteiger charge is 2.48. The number of nitrogens with zero attached hydrogens (tertiary/aromatic N) is 6. The molecule has 0 aliphatic carbocycles. The van der Waals surface area contributed by atoms with E-state index >= 15 is 0 Å². The molecule has 5 atom stereocenters. The number of likely N-dealkylation sites (N-methyl/N-ethyl adjacent to an activating group) is 1. The van der Waals surface area contributed by atoms with Crippen molar-refractivity contribution in [1.82, 2.24) is 40.0 Å². The molecule has 2 fully saturated rings. The number of nitrogens with one attached hydrogen (secondary N) is 2. The molecule has 70 heavy (non-hydrogen) atoms. The number of aryl methyl sites for hydroxylation is 1. The number of carbonyl (C=O) groups excluding carboxylic acids is 5. The number of ether oxygens (including phenoxy) is 2. The van der Waals surface area contributed by atoms with Gasteiger partial charge in [0.15, 0.2) is 5.60 Å². The lowest BCUT2D eigenvalue weighted by atomic mass is 9.84. The molecule has 3 aliphatic heterocycles. The molecule has 2 saturated heterocycles. The zero-order valence-corrected chi connectivity index (χ0v) is 42.4. The van der Waals surface area contributed by atoms with Gasteiger partial charge in [-0.15, -0.1) is 0 Å². The zero-order valence-electron chi connectivity index (χ0n) is 42.4. The summed E-state index contributed by atoms with van der Waals surface area (Å²) in [4.78, 5) is 79.4. The monoisotopic (exact) mass is 959 g/mol. The van der Waals surface area contributed by atoms with E-state index in [1.165, 1.54) is 21.9 Å². The molecular weight excluding hydrogens is 889 g/mol. The summed E-state index contributed by atoms with van der Waals surface area (Å²) in [7, 11) is 6.83. The first-order chi connectivity index (χ1) is 33.2. The van der Waals surface area contributed by atoms with Crippen LogP contribution < -0.4 is 10.7 Å². The minimum Gasteiger partial charge on any atom is -0.464 e. The van der Waals surface area contributed by atoms with Crippen molar-refractivity contribution in [1.29, 1.82) is 0 Å². The van der Waals surface area contributed by atoms with E-state index in [1.807, 2.05) is 62.4 Å². The van der Waals surface area contributed by atoms with Crippen LogP contribution in [0.2, 0.25) is 0 Å². The number of amides is 4. The standard InChI is InChI=1S/C54H70N8O8/c1-11-61-45-20-19-38-29-40(45)41(48(61)42-31-55-23-21-39(42)35(4)69-10)30-53(5,6)33-70-51(66)43-17-13-25-62(57-43)50(65)44(28-36-15-12-16-37(38)27-36)56-49(64)47(34(2)3)59(9)52(67)54(68)22-26-60(32-54)46(63)18-14-24-58(7)8/h12,15-16,19-21,23,27,29,31,34-35,43-44,47,57,68H,11,13,17,22,24-26,28,30,32-33H2,1-10H3,(H,56,64)/t35-,43-,44-,47-,54?/m0/s1. The van der Waals surface area contributed by atoms with Gasteiger partial charge >= 0.3 is 5.97 Å². The number of aliphatic hydroxyl groups is 1. The summed E-state index contributed by atoms with van der Waals surface area (Å²) in [6.45, 7) is 13.2. The van der Waals surface area contributed by atoms with Gasteiger partial charge in [-0.25, -0.2) is 5.43 Å². The Labute approximate surface area is 412 Å². The van der Waals surface area contributed by atoms with Crippen molar-refractivity contribution >= 4 is 40.5 Å². The minimum absolute atomic E-state index is 0.0260. The van der Waals surface area contributed by atoms with E-state index in [0.717, 1.165) is 50.0 Å². The molecule has 2 aromatic carbocycles. The molecule has 0 spiro atoms. The Hall–Kier alpha value is -6.12. The van der Waals surface area contributed by atoms with Crippen LogP contribution in [0.1, 0.15) is 83.6 Å². The van der Waals surface area contributed by atoms with E-state index in [9.17, 15) is 29.1 Å². The first-order valence-corrected chi connectivity index (χ1v) is 24.4. The summed E-state index contributed by atoms with van der Waals surface area (Å²) in [6.07, 6.45) is 5.08. The fourth-order valence-electron chi connectivity index (χ4n) is 10.1. The summed E-state index contributed by atoms with van der Waals surface area (Å²) in [5.41, 5.74) is 8.48. The molecule has 16 heteroatoms. The maximum absolute atomic E-state index is 14.8. The van der Waals surface area contributed by atoms with Gasteiger partial charge in [0, 0.05) is 80.9 Å². The second-order valence-corrected chi connectivity index (χ2v) is 20.5. The van der Waals surface area contributed by atoms with Gasteiger partial charge in [0.05, 0.1) is 31.5 Å². The number of carbonyl (C=O) groups is 5. The number of fused-ring (bicyclic) bond motifs is 6. The maximum atomic E-state index is 14.8. The van der Waals surface area contributed by atoms with Crippen LogP contribution in [0, 0.1) is 23.2 Å². The van der Waals surface area contributed by atoms with E-state index in [0.29, 0.717) is 32.4 Å². The number of likely N-dealkylation sites (tertiary alicyclic amines) is 1. The Bertz CT molecular complexity index is 2680. The number of cyclic esters (lactones) is 1. The number of hydrogen-bond acceptors (Lipinski definition) is 11. The SMILES string of the molecule is CCn1c(-c2cnccc2[C@H](C)OC)c2c3cc(ccc31)-c1cccc(c1)C[C@H](NC(=O)[C@H](C(C)C)N(C)C(=O)C1(O)CCN(C(=O)C#CCN(C)C)C1)C(=O)N1CCC[C@H](N1)C(=O)OCC(C)(C)C2. The van der Waals surface area contributed by atoms with E-state index < -0.39 is 64.7 Å². The number of benzene rings is 2. The van der Waals surface area contributed by atoms with Crippen LogP contribution in [0.5, 0.6) is 0 Å². The fraction of sp³-hybridized carbons (Fsp3) is 0.519. The van der Waals surface area contributed by atoms with Crippen molar-refractivity contribution < 1.29 is 38.6 Å². The predicted molar refractivity (Wildman–Crippen MR) is 268 cm³/mol. The second-order valence-electron chi connectivity index (χ2n) is 20.5. The molecule has 4 aromatic rings. The highest BCUT2D eigenvalue weighted by atomic mass is 16.5. The molecule has 5 heterocycles. The summed E-state index contributed by atoms with van der Waals surface area (Å²) in [6, 6.07) is 13.3. The topological polar surface area (TPSA) is 179 Å². The quantitative estimate of drug-likeness (QED) is 0.148. The van der Waals surface area contributed by atoms with Gasteiger partial charge in [-0.05, 0) is 105 Å².